The Kier molecular flexibility index (Phi) is 3.87. The van der Waals surface area contributed by atoms with Crippen molar-refractivity contribution in [3.8, 4) is 6.07 Å². The van der Waals surface area contributed by atoms with E-state index in [0.29, 0.717) is 11.6 Å². The van der Waals surface area contributed by atoms with Gasteiger partial charge in [0.05, 0.1) is 18.2 Å². The van der Waals surface area contributed by atoms with Crippen LogP contribution in [0.15, 0.2) is 22.7 Å². The Bertz CT molecular complexity index is 505. The number of hydrogen-bond acceptors (Lipinski definition) is 3. The number of carbonyl (C=O) groups excluding carboxylic acids is 1. The SMILES string of the molecule is CN(C(=O)CNc1ccc(C#N)cc1Br)C1CC1. The smallest absolute Gasteiger partial charge is 0.241 e. The Labute approximate surface area is 115 Å². The predicted molar refractivity (Wildman–Crippen MR) is 73.1 cm³/mol. The average molecular weight is 308 g/mol. The van der Waals surface area contributed by atoms with E-state index in [2.05, 4.69) is 27.3 Å². The largest absolute Gasteiger partial charge is 0.375 e. The summed E-state index contributed by atoms with van der Waals surface area (Å²) in [6.07, 6.45) is 2.23. The van der Waals surface area contributed by atoms with Gasteiger partial charge in [0.25, 0.3) is 0 Å². The topological polar surface area (TPSA) is 56.1 Å². The fraction of sp³-hybridized carbons (Fsp3) is 0.385. The van der Waals surface area contributed by atoms with Crippen LogP contribution in [0.2, 0.25) is 0 Å². The van der Waals surface area contributed by atoms with Crippen molar-refractivity contribution in [2.24, 2.45) is 0 Å². The second-order valence-corrected chi connectivity index (χ2v) is 5.25. The molecular formula is C13H14BrN3O. The summed E-state index contributed by atoms with van der Waals surface area (Å²) in [6.45, 7) is 0.275. The predicted octanol–water partition coefficient (Wildman–Crippen LogP) is 2.35. The van der Waals surface area contributed by atoms with Gasteiger partial charge in [0.2, 0.25) is 5.91 Å². The van der Waals surface area contributed by atoms with E-state index in [1.165, 1.54) is 0 Å². The Morgan fingerprint density at radius 3 is 2.89 bits per heavy atom. The van der Waals surface area contributed by atoms with Gasteiger partial charge in [-0.15, -0.1) is 0 Å². The van der Waals surface area contributed by atoms with Crippen LogP contribution in [-0.4, -0.2) is 30.4 Å². The molecule has 0 unspecified atom stereocenters. The molecule has 1 amide bonds. The highest BCUT2D eigenvalue weighted by atomic mass is 79.9. The number of likely N-dealkylation sites (N-methyl/N-ethyl adjacent to an activating group) is 1. The third kappa shape index (κ3) is 3.02. The maximum absolute atomic E-state index is 11.8. The van der Waals surface area contributed by atoms with Crippen molar-refractivity contribution in [1.82, 2.24) is 4.90 Å². The van der Waals surface area contributed by atoms with Crippen molar-refractivity contribution in [3.05, 3.63) is 28.2 Å². The van der Waals surface area contributed by atoms with E-state index in [1.807, 2.05) is 7.05 Å². The summed E-state index contributed by atoms with van der Waals surface area (Å²) in [7, 11) is 1.84. The van der Waals surface area contributed by atoms with Crippen LogP contribution in [-0.2, 0) is 4.79 Å². The first-order valence-corrected chi connectivity index (χ1v) is 6.60. The molecule has 2 rings (SSSR count). The molecule has 94 valence electrons. The maximum Gasteiger partial charge on any atom is 0.241 e. The molecule has 0 radical (unpaired) electrons. The molecule has 1 aliphatic carbocycles. The van der Waals surface area contributed by atoms with Crippen LogP contribution in [0.4, 0.5) is 5.69 Å². The van der Waals surface area contributed by atoms with Crippen molar-refractivity contribution in [2.75, 3.05) is 18.9 Å². The summed E-state index contributed by atoms with van der Waals surface area (Å²) in [5, 5.41) is 11.8. The zero-order valence-corrected chi connectivity index (χ0v) is 11.7. The third-order valence-electron chi connectivity index (χ3n) is 3.02. The molecule has 0 atom stereocenters. The zero-order valence-electron chi connectivity index (χ0n) is 10.1. The van der Waals surface area contributed by atoms with Crippen LogP contribution < -0.4 is 5.32 Å². The summed E-state index contributed by atoms with van der Waals surface area (Å²) in [6, 6.07) is 7.76. The van der Waals surface area contributed by atoms with Crippen LogP contribution in [0.3, 0.4) is 0 Å². The molecule has 1 saturated carbocycles. The number of amides is 1. The first-order chi connectivity index (χ1) is 8.61. The summed E-state index contributed by atoms with van der Waals surface area (Å²) in [5.74, 6) is 0.0914. The normalized spacial score (nSPS) is 13.8. The lowest BCUT2D eigenvalue weighted by Gasteiger charge is -2.17. The van der Waals surface area contributed by atoms with Gasteiger partial charge in [-0.2, -0.15) is 5.26 Å². The van der Waals surface area contributed by atoms with Crippen molar-refractivity contribution < 1.29 is 4.79 Å². The second kappa shape index (κ2) is 5.40. The van der Waals surface area contributed by atoms with Crippen molar-refractivity contribution >= 4 is 27.5 Å². The van der Waals surface area contributed by atoms with E-state index in [0.717, 1.165) is 23.0 Å². The molecule has 18 heavy (non-hydrogen) atoms. The van der Waals surface area contributed by atoms with Gasteiger partial charge in [-0.05, 0) is 47.0 Å². The van der Waals surface area contributed by atoms with E-state index in [-0.39, 0.29) is 12.5 Å². The fourth-order valence-corrected chi connectivity index (χ4v) is 2.21. The zero-order chi connectivity index (χ0) is 13.1. The van der Waals surface area contributed by atoms with Gasteiger partial charge in [-0.1, -0.05) is 0 Å². The van der Waals surface area contributed by atoms with Crippen LogP contribution >= 0.6 is 15.9 Å². The average Bonchev–Trinajstić information content (AvgIpc) is 3.20. The van der Waals surface area contributed by atoms with E-state index >= 15 is 0 Å². The Morgan fingerprint density at radius 2 is 2.33 bits per heavy atom. The van der Waals surface area contributed by atoms with E-state index < -0.39 is 0 Å². The Hall–Kier alpha value is -1.54. The molecule has 1 fully saturated rings. The molecule has 0 aromatic heterocycles. The number of rotatable bonds is 4. The molecule has 0 aliphatic heterocycles. The van der Waals surface area contributed by atoms with E-state index in [9.17, 15) is 4.79 Å². The van der Waals surface area contributed by atoms with E-state index in [4.69, 9.17) is 5.26 Å². The lowest BCUT2D eigenvalue weighted by Crippen LogP contribution is -2.33. The number of anilines is 1. The molecule has 1 N–H and O–H groups in total. The summed E-state index contributed by atoms with van der Waals surface area (Å²) < 4.78 is 0.795. The van der Waals surface area contributed by atoms with Gasteiger partial charge in [0.1, 0.15) is 0 Å². The highest BCUT2D eigenvalue weighted by Crippen LogP contribution is 2.26. The number of benzene rings is 1. The molecule has 0 bridgehead atoms. The summed E-state index contributed by atoms with van der Waals surface area (Å²) >= 11 is 3.38. The van der Waals surface area contributed by atoms with E-state index in [1.54, 1.807) is 23.1 Å². The second-order valence-electron chi connectivity index (χ2n) is 4.40. The molecular weight excluding hydrogens is 294 g/mol. The highest BCUT2D eigenvalue weighted by molar-refractivity contribution is 9.10. The monoisotopic (exact) mass is 307 g/mol. The molecule has 0 heterocycles. The number of hydrogen-bond donors (Lipinski definition) is 1. The molecule has 5 heteroatoms. The highest BCUT2D eigenvalue weighted by Gasteiger charge is 2.29. The molecule has 1 aromatic rings. The quantitative estimate of drug-likeness (QED) is 0.929. The Morgan fingerprint density at radius 1 is 1.61 bits per heavy atom. The fourth-order valence-electron chi connectivity index (χ4n) is 1.69. The van der Waals surface area contributed by atoms with Crippen molar-refractivity contribution in [2.45, 2.75) is 18.9 Å². The van der Waals surface area contributed by atoms with Gasteiger partial charge in [0, 0.05) is 23.2 Å². The standard InChI is InChI=1S/C13H14BrN3O/c1-17(10-3-4-10)13(18)8-16-12-5-2-9(7-15)6-11(12)14/h2,5-6,10,16H,3-4,8H2,1H3. The maximum atomic E-state index is 11.8. The molecule has 1 aliphatic rings. The van der Waals surface area contributed by atoms with Crippen LogP contribution in [0.5, 0.6) is 0 Å². The summed E-state index contributed by atoms with van der Waals surface area (Å²) in [4.78, 5) is 13.6. The third-order valence-corrected chi connectivity index (χ3v) is 3.67. The number of halogens is 1. The number of nitriles is 1. The first-order valence-electron chi connectivity index (χ1n) is 5.81. The molecule has 0 saturated heterocycles. The van der Waals surface area contributed by atoms with Crippen LogP contribution in [0, 0.1) is 11.3 Å². The van der Waals surface area contributed by atoms with Crippen molar-refractivity contribution in [1.29, 1.82) is 5.26 Å². The Balaban J connectivity index is 1.93. The number of nitrogens with one attached hydrogen (secondary N) is 1. The van der Waals surface area contributed by atoms with Crippen LogP contribution in [0.1, 0.15) is 18.4 Å². The minimum absolute atomic E-state index is 0.0914. The summed E-state index contributed by atoms with van der Waals surface area (Å²) in [5.41, 5.74) is 1.42. The van der Waals surface area contributed by atoms with Gasteiger partial charge < -0.3 is 10.2 Å². The minimum Gasteiger partial charge on any atom is -0.375 e. The van der Waals surface area contributed by atoms with Crippen LogP contribution in [0.25, 0.3) is 0 Å². The lowest BCUT2D eigenvalue weighted by atomic mass is 10.2. The number of nitrogens with zero attached hydrogens (tertiary/aromatic N) is 2. The van der Waals surface area contributed by atoms with Gasteiger partial charge in [0.15, 0.2) is 0 Å². The van der Waals surface area contributed by atoms with Gasteiger partial charge >= 0.3 is 0 Å². The van der Waals surface area contributed by atoms with Gasteiger partial charge in [-0.25, -0.2) is 0 Å². The lowest BCUT2D eigenvalue weighted by molar-refractivity contribution is -0.128. The first kappa shape index (κ1) is 12.9. The molecule has 0 spiro atoms. The number of carbonyl (C=O) groups is 1. The molecule has 1 aromatic carbocycles. The van der Waals surface area contributed by atoms with Crippen molar-refractivity contribution in [3.63, 3.8) is 0 Å². The molecule has 4 nitrogen and oxygen atoms in total. The minimum atomic E-state index is 0.0914. The van der Waals surface area contributed by atoms with Gasteiger partial charge in [-0.3, -0.25) is 4.79 Å².